The minimum atomic E-state index is 0.241. The van der Waals surface area contributed by atoms with Crippen LogP contribution in [0.5, 0.6) is 0 Å². The maximum Gasteiger partial charge on any atom is 0.245 e. The molecule has 5 heteroatoms. The van der Waals surface area contributed by atoms with Gasteiger partial charge >= 0.3 is 0 Å². The molecule has 0 aliphatic carbocycles. The van der Waals surface area contributed by atoms with Gasteiger partial charge in [-0.2, -0.15) is 4.98 Å². The number of aryl methyl sites for hydroxylation is 1. The van der Waals surface area contributed by atoms with Crippen LogP contribution in [-0.2, 0) is 0 Å². The summed E-state index contributed by atoms with van der Waals surface area (Å²) in [5.74, 6) is 1.57. The molecule has 2 aromatic rings. The number of nitrogens with two attached hydrogens (primary N) is 1. The lowest BCUT2D eigenvalue weighted by Crippen LogP contribution is -2.26. The van der Waals surface area contributed by atoms with E-state index < -0.39 is 0 Å². The smallest absolute Gasteiger partial charge is 0.245 e. The molecule has 1 atom stereocenters. The molecule has 0 amide bonds. The van der Waals surface area contributed by atoms with Gasteiger partial charge in [-0.15, -0.1) is 5.10 Å². The second-order valence-corrected chi connectivity index (χ2v) is 4.79. The summed E-state index contributed by atoms with van der Waals surface area (Å²) in [4.78, 5) is 6.69. The third-order valence-electron chi connectivity index (χ3n) is 3.38. The summed E-state index contributed by atoms with van der Waals surface area (Å²) < 4.78 is 0. The highest BCUT2D eigenvalue weighted by Gasteiger charge is 2.22. The van der Waals surface area contributed by atoms with Crippen molar-refractivity contribution in [3.63, 3.8) is 0 Å². The first-order chi connectivity index (χ1) is 8.74. The quantitative estimate of drug-likeness (QED) is 0.834. The Hall–Kier alpha value is -1.88. The average molecular weight is 243 g/mol. The van der Waals surface area contributed by atoms with Crippen LogP contribution in [0.25, 0.3) is 11.4 Å². The molecule has 0 saturated carbocycles. The highest BCUT2D eigenvalue weighted by Crippen LogP contribution is 2.22. The van der Waals surface area contributed by atoms with Crippen molar-refractivity contribution in [3.05, 3.63) is 29.8 Å². The summed E-state index contributed by atoms with van der Waals surface area (Å²) in [6.07, 6.45) is 1.01. The summed E-state index contributed by atoms with van der Waals surface area (Å²) in [5.41, 5.74) is 8.19. The molecular formula is C13H17N5. The second-order valence-electron chi connectivity index (χ2n) is 4.79. The average Bonchev–Trinajstić information content (AvgIpc) is 2.98. The van der Waals surface area contributed by atoms with Gasteiger partial charge in [-0.05, 0) is 18.9 Å². The minimum absolute atomic E-state index is 0.241. The first kappa shape index (κ1) is 11.2. The van der Waals surface area contributed by atoms with E-state index in [9.17, 15) is 0 Å². The number of hydrogen-bond acceptors (Lipinski definition) is 4. The zero-order valence-electron chi connectivity index (χ0n) is 10.4. The van der Waals surface area contributed by atoms with Gasteiger partial charge in [0.1, 0.15) is 0 Å². The second kappa shape index (κ2) is 4.42. The number of benzene rings is 1. The van der Waals surface area contributed by atoms with Crippen LogP contribution in [0, 0.1) is 6.92 Å². The predicted octanol–water partition coefficient (Wildman–Crippen LogP) is 1.32. The molecule has 1 aliphatic rings. The van der Waals surface area contributed by atoms with Crippen molar-refractivity contribution >= 4 is 5.95 Å². The van der Waals surface area contributed by atoms with E-state index in [1.807, 2.05) is 12.1 Å². The number of nitrogens with one attached hydrogen (secondary N) is 1. The van der Waals surface area contributed by atoms with Crippen molar-refractivity contribution in [1.29, 1.82) is 0 Å². The fourth-order valence-corrected chi connectivity index (χ4v) is 2.32. The predicted molar refractivity (Wildman–Crippen MR) is 71.4 cm³/mol. The summed E-state index contributed by atoms with van der Waals surface area (Å²) in [6, 6.07) is 8.40. The normalized spacial score (nSPS) is 19.4. The van der Waals surface area contributed by atoms with Crippen LogP contribution in [0.4, 0.5) is 5.95 Å². The lowest BCUT2D eigenvalue weighted by Gasteiger charge is -2.11. The number of hydrogen-bond donors (Lipinski definition) is 2. The molecule has 1 saturated heterocycles. The molecule has 0 radical (unpaired) electrons. The first-order valence-corrected chi connectivity index (χ1v) is 6.23. The molecule has 1 aromatic heterocycles. The summed E-state index contributed by atoms with van der Waals surface area (Å²) in [7, 11) is 0. The fourth-order valence-electron chi connectivity index (χ4n) is 2.32. The van der Waals surface area contributed by atoms with Gasteiger partial charge in [0.15, 0.2) is 5.82 Å². The molecule has 3 N–H and O–H groups in total. The van der Waals surface area contributed by atoms with E-state index >= 15 is 0 Å². The highest BCUT2D eigenvalue weighted by atomic mass is 15.4. The monoisotopic (exact) mass is 243 g/mol. The number of aromatic nitrogens is 3. The van der Waals surface area contributed by atoms with E-state index in [-0.39, 0.29) is 6.04 Å². The van der Waals surface area contributed by atoms with Gasteiger partial charge in [0.05, 0.1) is 0 Å². The van der Waals surface area contributed by atoms with Crippen LogP contribution in [0.3, 0.4) is 0 Å². The molecule has 0 bridgehead atoms. The van der Waals surface area contributed by atoms with Crippen molar-refractivity contribution in [2.24, 2.45) is 5.73 Å². The molecule has 1 unspecified atom stereocenters. The van der Waals surface area contributed by atoms with E-state index in [4.69, 9.17) is 5.73 Å². The third-order valence-corrected chi connectivity index (χ3v) is 3.38. The van der Waals surface area contributed by atoms with Crippen molar-refractivity contribution in [2.45, 2.75) is 19.4 Å². The van der Waals surface area contributed by atoms with E-state index in [1.54, 1.807) is 0 Å². The standard InChI is InChI=1S/C13H17N5/c1-9-4-2-3-5-11(9)12-15-13(17-16-12)18-7-6-10(14)8-18/h2-5,10H,6-8,14H2,1H3,(H,15,16,17). The van der Waals surface area contributed by atoms with Crippen molar-refractivity contribution in [1.82, 2.24) is 15.2 Å². The van der Waals surface area contributed by atoms with Gasteiger partial charge in [-0.1, -0.05) is 24.3 Å². The maximum absolute atomic E-state index is 5.90. The molecule has 1 aliphatic heterocycles. The van der Waals surface area contributed by atoms with E-state index in [2.05, 4.69) is 39.1 Å². The number of rotatable bonds is 2. The van der Waals surface area contributed by atoms with Gasteiger partial charge in [-0.3, -0.25) is 5.10 Å². The summed E-state index contributed by atoms with van der Waals surface area (Å²) in [6.45, 7) is 3.85. The SMILES string of the molecule is Cc1ccccc1-c1nc(N2CCC(N)C2)n[nH]1. The van der Waals surface area contributed by atoms with Crippen LogP contribution in [0.2, 0.25) is 0 Å². The molecular weight excluding hydrogens is 226 g/mol. The molecule has 94 valence electrons. The Morgan fingerprint density at radius 3 is 2.94 bits per heavy atom. The van der Waals surface area contributed by atoms with Crippen molar-refractivity contribution in [2.75, 3.05) is 18.0 Å². The van der Waals surface area contributed by atoms with Crippen LogP contribution in [-0.4, -0.2) is 34.3 Å². The number of H-pyrrole nitrogens is 1. The first-order valence-electron chi connectivity index (χ1n) is 6.23. The number of nitrogens with zero attached hydrogens (tertiary/aromatic N) is 3. The highest BCUT2D eigenvalue weighted by molar-refractivity contribution is 5.60. The van der Waals surface area contributed by atoms with Crippen molar-refractivity contribution in [3.8, 4) is 11.4 Å². The van der Waals surface area contributed by atoms with Gasteiger partial charge in [-0.25, -0.2) is 0 Å². The van der Waals surface area contributed by atoms with E-state index in [0.29, 0.717) is 0 Å². The van der Waals surface area contributed by atoms with Crippen LogP contribution < -0.4 is 10.6 Å². The Morgan fingerprint density at radius 2 is 2.22 bits per heavy atom. The van der Waals surface area contributed by atoms with E-state index in [0.717, 1.165) is 36.8 Å². The van der Waals surface area contributed by atoms with Gasteiger partial charge < -0.3 is 10.6 Å². The molecule has 0 spiro atoms. The zero-order chi connectivity index (χ0) is 12.5. The summed E-state index contributed by atoms with van der Waals surface area (Å²) >= 11 is 0. The fraction of sp³-hybridized carbons (Fsp3) is 0.385. The van der Waals surface area contributed by atoms with Gasteiger partial charge in [0.2, 0.25) is 5.95 Å². The van der Waals surface area contributed by atoms with Crippen LogP contribution >= 0.6 is 0 Å². The Balaban J connectivity index is 1.88. The lowest BCUT2D eigenvalue weighted by molar-refractivity contribution is 0.750. The number of anilines is 1. The van der Waals surface area contributed by atoms with Gasteiger partial charge in [0.25, 0.3) is 0 Å². The van der Waals surface area contributed by atoms with E-state index in [1.165, 1.54) is 5.56 Å². The van der Waals surface area contributed by atoms with Gasteiger partial charge in [0, 0.05) is 24.7 Å². The van der Waals surface area contributed by atoms with Crippen LogP contribution in [0.15, 0.2) is 24.3 Å². The lowest BCUT2D eigenvalue weighted by atomic mass is 10.1. The Labute approximate surface area is 106 Å². The summed E-state index contributed by atoms with van der Waals surface area (Å²) in [5, 5.41) is 7.30. The third kappa shape index (κ3) is 1.97. The Bertz CT molecular complexity index is 548. The number of aromatic amines is 1. The molecule has 3 rings (SSSR count). The minimum Gasteiger partial charge on any atom is -0.338 e. The Morgan fingerprint density at radius 1 is 1.39 bits per heavy atom. The maximum atomic E-state index is 5.90. The largest absolute Gasteiger partial charge is 0.338 e. The molecule has 5 nitrogen and oxygen atoms in total. The zero-order valence-corrected chi connectivity index (χ0v) is 10.4. The molecule has 2 heterocycles. The molecule has 1 aromatic carbocycles. The molecule has 1 fully saturated rings. The van der Waals surface area contributed by atoms with Crippen molar-refractivity contribution < 1.29 is 0 Å². The Kier molecular flexibility index (Phi) is 2.76. The molecule has 18 heavy (non-hydrogen) atoms. The van der Waals surface area contributed by atoms with Crippen LogP contribution in [0.1, 0.15) is 12.0 Å². The topological polar surface area (TPSA) is 70.8 Å².